The number of nitrogens with zero attached hydrogens (tertiary/aromatic N) is 1. The van der Waals surface area contributed by atoms with E-state index in [0.29, 0.717) is 25.1 Å². The highest BCUT2D eigenvalue weighted by Crippen LogP contribution is 2.32. The van der Waals surface area contributed by atoms with Crippen molar-refractivity contribution < 1.29 is 14.4 Å². The summed E-state index contributed by atoms with van der Waals surface area (Å²) in [5, 5.41) is 5.60. The molecule has 2 heterocycles. The van der Waals surface area contributed by atoms with Crippen LogP contribution in [0.25, 0.3) is 0 Å². The lowest BCUT2D eigenvalue weighted by atomic mass is 10.0. The molecule has 23 heavy (non-hydrogen) atoms. The van der Waals surface area contributed by atoms with Crippen molar-refractivity contribution in [1.82, 2.24) is 10.2 Å². The maximum absolute atomic E-state index is 12.6. The van der Waals surface area contributed by atoms with Gasteiger partial charge in [-0.25, -0.2) is 0 Å². The van der Waals surface area contributed by atoms with Crippen LogP contribution in [-0.2, 0) is 16.1 Å². The van der Waals surface area contributed by atoms with Crippen molar-refractivity contribution in [3.8, 4) is 0 Å². The van der Waals surface area contributed by atoms with Gasteiger partial charge in [0.2, 0.25) is 11.8 Å². The molecule has 4 N–H and O–H groups in total. The molecular weight excluding hydrogens is 296 g/mol. The van der Waals surface area contributed by atoms with Crippen molar-refractivity contribution in [2.75, 3.05) is 18.4 Å². The van der Waals surface area contributed by atoms with Gasteiger partial charge in [-0.15, -0.1) is 0 Å². The minimum absolute atomic E-state index is 0.156. The van der Waals surface area contributed by atoms with E-state index in [1.165, 1.54) is 0 Å². The van der Waals surface area contributed by atoms with Crippen molar-refractivity contribution in [1.29, 1.82) is 0 Å². The van der Waals surface area contributed by atoms with E-state index >= 15 is 0 Å². The zero-order valence-electron chi connectivity index (χ0n) is 12.8. The van der Waals surface area contributed by atoms with Crippen molar-refractivity contribution in [2.24, 2.45) is 5.73 Å². The maximum Gasteiger partial charge on any atom is 0.255 e. The lowest BCUT2D eigenvalue weighted by Crippen LogP contribution is -2.52. The second-order valence-electron chi connectivity index (χ2n) is 5.80. The normalized spacial score (nSPS) is 20.5. The Hall–Kier alpha value is -2.41. The van der Waals surface area contributed by atoms with Gasteiger partial charge in [-0.1, -0.05) is 6.07 Å². The third-order valence-corrected chi connectivity index (χ3v) is 4.28. The molecule has 1 aromatic carbocycles. The molecule has 0 bridgehead atoms. The molecule has 2 aliphatic heterocycles. The van der Waals surface area contributed by atoms with E-state index in [9.17, 15) is 14.4 Å². The number of carbonyl (C=O) groups excluding carboxylic acids is 3. The number of benzene rings is 1. The largest absolute Gasteiger partial charge is 0.385 e. The van der Waals surface area contributed by atoms with Crippen molar-refractivity contribution >= 4 is 23.4 Å². The third-order valence-electron chi connectivity index (χ3n) is 4.28. The summed E-state index contributed by atoms with van der Waals surface area (Å²) in [6.45, 7) is 1.72. The van der Waals surface area contributed by atoms with Crippen LogP contribution < -0.4 is 16.4 Å². The average molecular weight is 316 g/mol. The van der Waals surface area contributed by atoms with Crippen molar-refractivity contribution in [3.63, 3.8) is 0 Å². The van der Waals surface area contributed by atoms with Crippen LogP contribution >= 0.6 is 0 Å². The van der Waals surface area contributed by atoms with Crippen molar-refractivity contribution in [2.45, 2.75) is 31.8 Å². The molecule has 3 amide bonds. The molecule has 0 radical (unpaired) electrons. The number of imide groups is 1. The highest BCUT2D eigenvalue weighted by atomic mass is 16.2. The van der Waals surface area contributed by atoms with E-state index < -0.39 is 6.04 Å². The molecule has 0 spiro atoms. The zero-order valence-corrected chi connectivity index (χ0v) is 12.8. The second-order valence-corrected chi connectivity index (χ2v) is 5.80. The van der Waals surface area contributed by atoms with Gasteiger partial charge in [-0.05, 0) is 31.5 Å². The molecule has 1 atom stereocenters. The fourth-order valence-electron chi connectivity index (χ4n) is 3.08. The lowest BCUT2D eigenvalue weighted by Gasteiger charge is -2.29. The first-order valence-electron chi connectivity index (χ1n) is 7.82. The summed E-state index contributed by atoms with van der Waals surface area (Å²) in [7, 11) is 0. The van der Waals surface area contributed by atoms with E-state index in [0.717, 1.165) is 24.2 Å². The fraction of sp³-hybridized carbons (Fsp3) is 0.438. The number of amides is 3. The van der Waals surface area contributed by atoms with Crippen LogP contribution in [0.4, 0.5) is 5.69 Å². The molecule has 2 aliphatic rings. The predicted octanol–water partition coefficient (Wildman–Crippen LogP) is 0.208. The predicted molar refractivity (Wildman–Crippen MR) is 84.6 cm³/mol. The molecule has 0 saturated carbocycles. The third kappa shape index (κ3) is 2.92. The summed E-state index contributed by atoms with van der Waals surface area (Å²) >= 11 is 0. The van der Waals surface area contributed by atoms with Crippen LogP contribution in [0.15, 0.2) is 18.2 Å². The van der Waals surface area contributed by atoms with E-state index in [-0.39, 0.29) is 24.1 Å². The summed E-state index contributed by atoms with van der Waals surface area (Å²) < 4.78 is 0. The first-order valence-corrected chi connectivity index (χ1v) is 7.82. The molecule has 1 aromatic rings. The van der Waals surface area contributed by atoms with Gasteiger partial charge in [0.15, 0.2) is 0 Å². The minimum Gasteiger partial charge on any atom is -0.385 e. The average Bonchev–Trinajstić information content (AvgIpc) is 2.86. The summed E-state index contributed by atoms with van der Waals surface area (Å²) in [6, 6.07) is 4.95. The van der Waals surface area contributed by atoms with Gasteiger partial charge in [-0.2, -0.15) is 0 Å². The van der Waals surface area contributed by atoms with E-state index in [2.05, 4.69) is 10.6 Å². The smallest absolute Gasteiger partial charge is 0.255 e. The Balaban J connectivity index is 1.80. The summed E-state index contributed by atoms with van der Waals surface area (Å²) in [5.41, 5.74) is 7.92. The molecule has 3 rings (SSSR count). The van der Waals surface area contributed by atoms with Gasteiger partial charge >= 0.3 is 0 Å². The van der Waals surface area contributed by atoms with Gasteiger partial charge in [0.05, 0.1) is 0 Å². The fourth-order valence-corrected chi connectivity index (χ4v) is 3.08. The van der Waals surface area contributed by atoms with E-state index in [1.54, 1.807) is 11.0 Å². The SMILES string of the molecule is NCCCNc1cccc2c1CN(C1CCC(=O)NC1=O)C2=O. The number of carbonyl (C=O) groups is 3. The van der Waals surface area contributed by atoms with Gasteiger partial charge < -0.3 is 16.0 Å². The summed E-state index contributed by atoms with van der Waals surface area (Å²) in [5.74, 6) is -0.823. The summed E-state index contributed by atoms with van der Waals surface area (Å²) in [6.07, 6.45) is 1.48. The van der Waals surface area contributed by atoms with E-state index in [4.69, 9.17) is 5.73 Å². The zero-order chi connectivity index (χ0) is 16.4. The molecule has 1 saturated heterocycles. The number of hydrogen-bond acceptors (Lipinski definition) is 5. The van der Waals surface area contributed by atoms with Crippen LogP contribution in [0, 0.1) is 0 Å². The number of hydrogen-bond donors (Lipinski definition) is 3. The Kier molecular flexibility index (Phi) is 4.29. The highest BCUT2D eigenvalue weighted by molar-refractivity contribution is 6.06. The van der Waals surface area contributed by atoms with Crippen LogP contribution in [0.1, 0.15) is 35.2 Å². The van der Waals surface area contributed by atoms with Crippen LogP contribution in [0.3, 0.4) is 0 Å². The Bertz CT molecular complexity index is 659. The first kappa shape index (κ1) is 15.5. The molecule has 122 valence electrons. The molecule has 1 fully saturated rings. The lowest BCUT2D eigenvalue weighted by molar-refractivity contribution is -0.136. The number of anilines is 1. The molecule has 1 unspecified atom stereocenters. The Morgan fingerprint density at radius 3 is 2.87 bits per heavy atom. The topological polar surface area (TPSA) is 105 Å². The minimum atomic E-state index is -0.579. The van der Waals surface area contributed by atoms with Crippen LogP contribution in [0.5, 0.6) is 0 Å². The molecule has 0 aliphatic carbocycles. The molecule has 7 heteroatoms. The van der Waals surface area contributed by atoms with Gasteiger partial charge in [0.25, 0.3) is 5.91 Å². The Morgan fingerprint density at radius 2 is 2.13 bits per heavy atom. The van der Waals surface area contributed by atoms with E-state index in [1.807, 2.05) is 12.1 Å². The van der Waals surface area contributed by atoms with Crippen LogP contribution in [0.2, 0.25) is 0 Å². The maximum atomic E-state index is 12.6. The van der Waals surface area contributed by atoms with Gasteiger partial charge in [0.1, 0.15) is 6.04 Å². The molecule has 0 aromatic heterocycles. The van der Waals surface area contributed by atoms with Crippen molar-refractivity contribution in [3.05, 3.63) is 29.3 Å². The quantitative estimate of drug-likeness (QED) is 0.532. The second kappa shape index (κ2) is 6.37. The van der Waals surface area contributed by atoms with Gasteiger partial charge in [0, 0.05) is 36.3 Å². The molecular formula is C16H20N4O3. The van der Waals surface area contributed by atoms with Gasteiger partial charge in [-0.3, -0.25) is 19.7 Å². The molecule has 7 nitrogen and oxygen atoms in total. The number of fused-ring (bicyclic) bond motifs is 1. The number of piperidine rings is 1. The Labute approximate surface area is 134 Å². The van der Waals surface area contributed by atoms with Crippen LogP contribution in [-0.4, -0.2) is 41.8 Å². The highest BCUT2D eigenvalue weighted by Gasteiger charge is 2.39. The standard InChI is InChI=1S/C16H20N4O3/c17-7-2-8-18-12-4-1-3-10-11(12)9-20(16(10)23)13-5-6-14(21)19-15(13)22/h1,3-4,13,18H,2,5-9,17H2,(H,19,21,22). The summed E-state index contributed by atoms with van der Waals surface area (Å²) in [4.78, 5) is 37.5. The number of nitrogens with one attached hydrogen (secondary N) is 2. The number of nitrogens with two attached hydrogens (primary N) is 1. The number of rotatable bonds is 5. The monoisotopic (exact) mass is 316 g/mol. The Morgan fingerprint density at radius 1 is 1.30 bits per heavy atom. The first-order chi connectivity index (χ1) is 11.1.